The third-order valence-electron chi connectivity index (χ3n) is 1.62. The first kappa shape index (κ1) is 15.7. The summed E-state index contributed by atoms with van der Waals surface area (Å²) in [5.74, 6) is -0.882. The minimum atomic E-state index is -4.90. The predicted octanol–water partition coefficient (Wildman–Crippen LogP) is -3.23. The largest absolute Gasteiger partial charge is 1.00 e. The van der Waals surface area contributed by atoms with Crippen molar-refractivity contribution in [3.8, 4) is 11.5 Å². The molecule has 0 unspecified atom stereocenters. The van der Waals surface area contributed by atoms with Gasteiger partial charge in [0.1, 0.15) is 0 Å². The Balaban J connectivity index is 0.00000225. The molecular weight excluding hydrogens is 247 g/mol. The van der Waals surface area contributed by atoms with Gasteiger partial charge in [-0.05, 0) is 24.1 Å². The van der Waals surface area contributed by atoms with Gasteiger partial charge in [-0.25, -0.2) is 8.42 Å². The zero-order valence-corrected chi connectivity index (χ0v) is 11.4. The molecule has 0 spiro atoms. The van der Waals surface area contributed by atoms with Crippen molar-refractivity contribution in [3.05, 3.63) is 23.8 Å². The van der Waals surface area contributed by atoms with Crippen molar-refractivity contribution in [2.75, 3.05) is 6.61 Å². The van der Waals surface area contributed by atoms with E-state index in [-0.39, 0.29) is 42.6 Å². The summed E-state index contributed by atoms with van der Waals surface area (Å²) in [7, 11) is -4.90. The number of hydrogen-bond acceptors (Lipinski definition) is 6. The first-order valence-electron chi connectivity index (χ1n) is 4.00. The molecule has 0 saturated carbocycles. The standard InChI is InChI=1S/C8H10O6S.Na/c9-4-3-6-1-2-7(10)8(5-6)14-15(11,12)13;/h1-2,5,9-10H,3-4H2,(H,11,12,13);/q;+1/p-1. The van der Waals surface area contributed by atoms with Crippen molar-refractivity contribution >= 4 is 10.4 Å². The monoisotopic (exact) mass is 256 g/mol. The molecule has 2 N–H and O–H groups in total. The van der Waals surface area contributed by atoms with Gasteiger partial charge >= 0.3 is 29.6 Å². The zero-order chi connectivity index (χ0) is 11.5. The second kappa shape index (κ2) is 6.43. The molecule has 0 amide bonds. The zero-order valence-electron chi connectivity index (χ0n) is 8.58. The molecule has 0 heterocycles. The second-order valence-electron chi connectivity index (χ2n) is 2.77. The summed E-state index contributed by atoms with van der Waals surface area (Å²) in [5.41, 5.74) is 0.550. The molecule has 0 aliphatic rings. The molecule has 1 rings (SSSR count). The molecule has 84 valence electrons. The van der Waals surface area contributed by atoms with Crippen molar-refractivity contribution in [1.29, 1.82) is 0 Å². The topological polar surface area (TPSA) is 107 Å². The molecule has 0 radical (unpaired) electrons. The van der Waals surface area contributed by atoms with E-state index in [2.05, 4.69) is 4.18 Å². The average molecular weight is 256 g/mol. The van der Waals surface area contributed by atoms with Crippen LogP contribution >= 0.6 is 0 Å². The fourth-order valence-corrected chi connectivity index (χ4v) is 1.37. The summed E-state index contributed by atoms with van der Waals surface area (Å²) in [6, 6.07) is 3.85. The molecular formula is C8H9NaO6S. The van der Waals surface area contributed by atoms with E-state index in [4.69, 9.17) is 5.11 Å². The Morgan fingerprint density at radius 3 is 2.50 bits per heavy atom. The Morgan fingerprint density at radius 2 is 2.00 bits per heavy atom. The van der Waals surface area contributed by atoms with Crippen LogP contribution in [0.1, 0.15) is 5.56 Å². The van der Waals surface area contributed by atoms with Crippen molar-refractivity contribution in [3.63, 3.8) is 0 Å². The molecule has 1 aromatic rings. The Labute approximate surface area is 115 Å². The molecule has 0 aliphatic heterocycles. The van der Waals surface area contributed by atoms with Gasteiger partial charge in [0.05, 0.1) is 0 Å². The van der Waals surface area contributed by atoms with E-state index in [1.54, 1.807) is 0 Å². The number of phenols is 1. The van der Waals surface area contributed by atoms with Gasteiger partial charge in [0, 0.05) is 6.61 Å². The van der Waals surface area contributed by atoms with Gasteiger partial charge in [0.25, 0.3) is 10.4 Å². The quantitative estimate of drug-likeness (QED) is 0.333. The van der Waals surface area contributed by atoms with Crippen molar-refractivity contribution in [1.82, 2.24) is 0 Å². The maximum absolute atomic E-state index is 10.3. The third-order valence-corrected chi connectivity index (χ3v) is 2.00. The van der Waals surface area contributed by atoms with Crippen molar-refractivity contribution < 1.29 is 56.9 Å². The number of hydrogen-bond donors (Lipinski definition) is 2. The number of benzene rings is 1. The summed E-state index contributed by atoms with van der Waals surface area (Å²) in [5, 5.41) is 17.8. The van der Waals surface area contributed by atoms with Gasteiger partial charge in [-0.15, -0.1) is 0 Å². The normalized spacial score (nSPS) is 10.6. The van der Waals surface area contributed by atoms with Crippen LogP contribution in [0.2, 0.25) is 0 Å². The number of aromatic hydroxyl groups is 1. The van der Waals surface area contributed by atoms with E-state index in [9.17, 15) is 18.1 Å². The van der Waals surface area contributed by atoms with E-state index in [1.165, 1.54) is 18.2 Å². The molecule has 8 heteroatoms. The van der Waals surface area contributed by atoms with Gasteiger partial charge in [-0.1, -0.05) is 6.07 Å². The van der Waals surface area contributed by atoms with Crippen LogP contribution in [0.4, 0.5) is 0 Å². The Hall–Kier alpha value is -0.310. The minimum absolute atomic E-state index is 0. The maximum Gasteiger partial charge on any atom is 1.00 e. The van der Waals surface area contributed by atoms with Crippen molar-refractivity contribution in [2.24, 2.45) is 0 Å². The van der Waals surface area contributed by atoms with Gasteiger partial charge in [0.15, 0.2) is 11.5 Å². The molecule has 0 atom stereocenters. The summed E-state index contributed by atoms with van der Waals surface area (Å²) in [6.07, 6.45) is 0.273. The van der Waals surface area contributed by atoms with Crippen LogP contribution in [-0.2, 0) is 16.8 Å². The smallest absolute Gasteiger partial charge is 0.716 e. The van der Waals surface area contributed by atoms with Gasteiger partial charge in [-0.2, -0.15) is 0 Å². The summed E-state index contributed by atoms with van der Waals surface area (Å²) < 4.78 is 34.9. The fraction of sp³-hybridized carbons (Fsp3) is 0.250. The van der Waals surface area contributed by atoms with Crippen LogP contribution in [0.3, 0.4) is 0 Å². The molecule has 1 aromatic carbocycles. The number of aliphatic hydroxyl groups is 1. The van der Waals surface area contributed by atoms with Crippen LogP contribution in [0, 0.1) is 0 Å². The molecule has 0 aliphatic carbocycles. The van der Waals surface area contributed by atoms with Crippen molar-refractivity contribution in [2.45, 2.75) is 6.42 Å². The molecule has 0 fully saturated rings. The van der Waals surface area contributed by atoms with Crippen LogP contribution < -0.4 is 33.7 Å². The minimum Gasteiger partial charge on any atom is -0.716 e. The van der Waals surface area contributed by atoms with E-state index >= 15 is 0 Å². The molecule has 0 saturated heterocycles. The third kappa shape index (κ3) is 5.15. The number of phenolic OH excluding ortho intramolecular Hbond substituents is 1. The van der Waals surface area contributed by atoms with E-state index in [0.29, 0.717) is 5.56 Å². The predicted molar refractivity (Wildman–Crippen MR) is 49.2 cm³/mol. The molecule has 16 heavy (non-hydrogen) atoms. The van der Waals surface area contributed by atoms with E-state index in [1.807, 2.05) is 0 Å². The SMILES string of the molecule is O=S(=O)([O-])Oc1cc(CCO)ccc1O.[Na+]. The Morgan fingerprint density at radius 1 is 1.38 bits per heavy atom. The Bertz CT molecular complexity index is 444. The van der Waals surface area contributed by atoms with Crippen LogP contribution in [0.25, 0.3) is 0 Å². The first-order valence-corrected chi connectivity index (χ1v) is 5.34. The molecule has 6 nitrogen and oxygen atoms in total. The maximum atomic E-state index is 10.3. The summed E-state index contributed by atoms with van der Waals surface area (Å²) >= 11 is 0. The molecule has 0 bridgehead atoms. The van der Waals surface area contributed by atoms with E-state index in [0.717, 1.165) is 0 Å². The average Bonchev–Trinajstić information content (AvgIpc) is 2.09. The summed E-state index contributed by atoms with van der Waals surface area (Å²) in [4.78, 5) is 0. The molecule has 0 aromatic heterocycles. The number of aliphatic hydroxyl groups excluding tert-OH is 1. The van der Waals surface area contributed by atoms with Gasteiger partial charge < -0.3 is 18.9 Å². The van der Waals surface area contributed by atoms with E-state index < -0.39 is 21.9 Å². The first-order chi connectivity index (χ1) is 6.92. The van der Waals surface area contributed by atoms with Gasteiger partial charge in [0.2, 0.25) is 0 Å². The summed E-state index contributed by atoms with van der Waals surface area (Å²) in [6.45, 7) is -0.131. The van der Waals surface area contributed by atoms with Crippen LogP contribution in [0.15, 0.2) is 18.2 Å². The fourth-order valence-electron chi connectivity index (χ4n) is 1.02. The second-order valence-corrected chi connectivity index (χ2v) is 3.75. The van der Waals surface area contributed by atoms with Crippen LogP contribution in [0.5, 0.6) is 11.5 Å². The van der Waals surface area contributed by atoms with Crippen LogP contribution in [-0.4, -0.2) is 29.8 Å². The Kier molecular flexibility index (Phi) is 6.31. The number of rotatable bonds is 4. The van der Waals surface area contributed by atoms with Gasteiger partial charge in [-0.3, -0.25) is 0 Å².